The lowest BCUT2D eigenvalue weighted by molar-refractivity contribution is -0.116. The van der Waals surface area contributed by atoms with Gasteiger partial charge in [0.2, 0.25) is 5.91 Å². The fourth-order valence-corrected chi connectivity index (χ4v) is 4.77. The monoisotopic (exact) mass is 456 g/mol. The molecule has 0 fully saturated rings. The summed E-state index contributed by atoms with van der Waals surface area (Å²) in [4.78, 5) is 27.4. The van der Waals surface area contributed by atoms with Crippen molar-refractivity contribution in [3.8, 4) is 0 Å². The molecule has 0 bridgehead atoms. The molecule has 0 aliphatic carbocycles. The van der Waals surface area contributed by atoms with Gasteiger partial charge in [0.15, 0.2) is 0 Å². The van der Waals surface area contributed by atoms with Crippen molar-refractivity contribution in [3.05, 3.63) is 88.2 Å². The predicted octanol–water partition coefficient (Wildman–Crippen LogP) is 4.69. The summed E-state index contributed by atoms with van der Waals surface area (Å²) in [7, 11) is -1.50. The number of hydrogen-bond acceptors (Lipinski definition) is 3. The van der Waals surface area contributed by atoms with Gasteiger partial charge in [-0.3, -0.25) is 13.8 Å². The van der Waals surface area contributed by atoms with Gasteiger partial charge < -0.3 is 10.2 Å². The van der Waals surface area contributed by atoms with E-state index in [4.69, 9.17) is 11.6 Å². The number of rotatable bonds is 4. The highest BCUT2D eigenvalue weighted by atomic mass is 35.5. The first-order valence-corrected chi connectivity index (χ1v) is 11.2. The van der Waals surface area contributed by atoms with Gasteiger partial charge in [0.25, 0.3) is 5.91 Å². The predicted molar refractivity (Wildman–Crippen MR) is 119 cm³/mol. The summed E-state index contributed by atoms with van der Waals surface area (Å²) < 4.78 is 25.7. The van der Waals surface area contributed by atoms with Crippen molar-refractivity contribution in [1.29, 1.82) is 0 Å². The molecule has 2 amide bonds. The molecular formula is C23H18ClFN2O3S. The zero-order valence-electron chi connectivity index (χ0n) is 16.5. The van der Waals surface area contributed by atoms with E-state index in [0.717, 1.165) is 11.1 Å². The molecule has 1 aliphatic rings. The molecule has 0 radical (unpaired) electrons. The zero-order chi connectivity index (χ0) is 22.1. The van der Waals surface area contributed by atoms with E-state index in [9.17, 15) is 18.2 Å². The number of fused-ring (bicyclic) bond motifs is 1. The maximum Gasteiger partial charge on any atom is 0.255 e. The van der Waals surface area contributed by atoms with E-state index in [2.05, 4.69) is 5.32 Å². The molecule has 1 N–H and O–H groups in total. The third kappa shape index (κ3) is 4.52. The summed E-state index contributed by atoms with van der Waals surface area (Å²) >= 11 is 6.20. The first kappa shape index (κ1) is 21.2. The summed E-state index contributed by atoms with van der Waals surface area (Å²) in [5, 5.41) is 3.18. The standard InChI is InChI=1S/C23H18ClFN2O3S/c1-14-2-8-19(18(24)10-14)26-23(29)16-5-9-21-20(11-16)27(22(28)13-31(21)30)12-15-3-6-17(25)7-4-15/h2-11H,12-13H2,1H3,(H,26,29)/t31-/m0/s1. The number of amides is 2. The number of halogens is 2. The van der Waals surface area contributed by atoms with Gasteiger partial charge >= 0.3 is 0 Å². The Kier molecular flexibility index (Phi) is 5.89. The number of anilines is 2. The van der Waals surface area contributed by atoms with E-state index < -0.39 is 16.7 Å². The lowest BCUT2D eigenvalue weighted by atomic mass is 10.1. The highest BCUT2D eigenvalue weighted by Gasteiger charge is 2.30. The van der Waals surface area contributed by atoms with E-state index >= 15 is 0 Å². The van der Waals surface area contributed by atoms with Crippen LogP contribution in [-0.4, -0.2) is 21.8 Å². The molecule has 1 heterocycles. The van der Waals surface area contributed by atoms with Gasteiger partial charge in [0, 0.05) is 5.56 Å². The first-order valence-electron chi connectivity index (χ1n) is 9.46. The summed E-state index contributed by atoms with van der Waals surface area (Å²) in [6, 6.07) is 15.8. The highest BCUT2D eigenvalue weighted by molar-refractivity contribution is 7.86. The Labute approximate surface area is 186 Å². The zero-order valence-corrected chi connectivity index (χ0v) is 18.1. The Hall–Kier alpha value is -3.03. The average molecular weight is 457 g/mol. The second kappa shape index (κ2) is 8.61. The lowest BCUT2D eigenvalue weighted by Crippen LogP contribution is -2.38. The largest absolute Gasteiger partial charge is 0.321 e. The smallest absolute Gasteiger partial charge is 0.255 e. The first-order chi connectivity index (χ1) is 14.8. The van der Waals surface area contributed by atoms with Gasteiger partial charge in [-0.15, -0.1) is 0 Å². The van der Waals surface area contributed by atoms with Crippen LogP contribution in [0.3, 0.4) is 0 Å². The van der Waals surface area contributed by atoms with Crippen LogP contribution < -0.4 is 10.2 Å². The minimum absolute atomic E-state index is 0.140. The molecular weight excluding hydrogens is 439 g/mol. The van der Waals surface area contributed by atoms with E-state index in [1.54, 1.807) is 42.5 Å². The molecule has 0 unspecified atom stereocenters. The molecule has 8 heteroatoms. The summed E-state index contributed by atoms with van der Waals surface area (Å²) in [5.41, 5.74) is 2.86. The Morgan fingerprint density at radius 3 is 2.58 bits per heavy atom. The van der Waals surface area contributed by atoms with Crippen molar-refractivity contribution >= 4 is 45.6 Å². The van der Waals surface area contributed by atoms with Crippen molar-refractivity contribution in [3.63, 3.8) is 0 Å². The molecule has 0 aromatic heterocycles. The summed E-state index contributed by atoms with van der Waals surface area (Å²) in [6.07, 6.45) is 0. The molecule has 0 saturated carbocycles. The van der Waals surface area contributed by atoms with Crippen molar-refractivity contribution in [2.45, 2.75) is 18.4 Å². The van der Waals surface area contributed by atoms with Crippen LogP contribution in [0.2, 0.25) is 5.02 Å². The number of carbonyl (C=O) groups is 2. The number of nitrogens with zero attached hydrogens (tertiary/aromatic N) is 1. The van der Waals surface area contributed by atoms with Crippen molar-refractivity contribution in [2.75, 3.05) is 16.0 Å². The fraction of sp³-hybridized carbons (Fsp3) is 0.130. The Morgan fingerprint density at radius 2 is 1.87 bits per heavy atom. The normalized spacial score (nSPS) is 15.5. The topological polar surface area (TPSA) is 66.5 Å². The molecule has 31 heavy (non-hydrogen) atoms. The van der Waals surface area contributed by atoms with E-state index in [1.807, 2.05) is 13.0 Å². The Bertz CT molecular complexity index is 1210. The Balaban J connectivity index is 1.66. The molecule has 0 spiro atoms. The maximum atomic E-state index is 13.2. The summed E-state index contributed by atoms with van der Waals surface area (Å²) in [5.74, 6) is -1.24. The molecule has 4 rings (SSSR count). The average Bonchev–Trinajstić information content (AvgIpc) is 2.74. The van der Waals surface area contributed by atoms with Crippen LogP contribution >= 0.6 is 11.6 Å². The quantitative estimate of drug-likeness (QED) is 0.619. The number of carbonyl (C=O) groups excluding carboxylic acids is 2. The van der Waals surface area contributed by atoms with Gasteiger partial charge in [-0.1, -0.05) is 29.8 Å². The lowest BCUT2D eigenvalue weighted by Gasteiger charge is -2.29. The van der Waals surface area contributed by atoms with Gasteiger partial charge in [0.1, 0.15) is 11.6 Å². The molecule has 5 nitrogen and oxygen atoms in total. The second-order valence-corrected chi connectivity index (χ2v) is 9.04. The van der Waals surface area contributed by atoms with Crippen LogP contribution in [0.15, 0.2) is 65.6 Å². The molecule has 1 atom stereocenters. The second-order valence-electron chi connectivity index (χ2n) is 7.22. The number of aryl methyl sites for hydroxylation is 1. The van der Waals surface area contributed by atoms with Crippen molar-refractivity contribution in [1.82, 2.24) is 0 Å². The van der Waals surface area contributed by atoms with Crippen LogP contribution in [0.1, 0.15) is 21.5 Å². The van der Waals surface area contributed by atoms with Crippen molar-refractivity contribution in [2.24, 2.45) is 0 Å². The van der Waals surface area contributed by atoms with Gasteiger partial charge in [-0.05, 0) is 60.5 Å². The molecule has 3 aromatic carbocycles. The molecule has 0 saturated heterocycles. The Morgan fingerprint density at radius 1 is 1.13 bits per heavy atom. The van der Waals surface area contributed by atoms with Crippen LogP contribution in [0, 0.1) is 12.7 Å². The van der Waals surface area contributed by atoms with Crippen LogP contribution in [0.4, 0.5) is 15.8 Å². The van der Waals surface area contributed by atoms with E-state index in [-0.39, 0.29) is 24.0 Å². The minimum Gasteiger partial charge on any atom is -0.321 e. The van der Waals surface area contributed by atoms with Gasteiger partial charge in [-0.2, -0.15) is 0 Å². The fourth-order valence-electron chi connectivity index (χ4n) is 3.33. The SMILES string of the molecule is Cc1ccc(NC(=O)c2ccc3c(c2)N(Cc2ccc(F)cc2)C(=O)C[S@@]3=O)c(Cl)c1. The van der Waals surface area contributed by atoms with Crippen LogP contribution in [0.5, 0.6) is 0 Å². The number of nitrogens with one attached hydrogen (secondary N) is 1. The van der Waals surface area contributed by atoms with E-state index in [1.165, 1.54) is 17.0 Å². The van der Waals surface area contributed by atoms with Crippen molar-refractivity contribution < 1.29 is 18.2 Å². The maximum absolute atomic E-state index is 13.2. The highest BCUT2D eigenvalue weighted by Crippen LogP contribution is 2.32. The third-order valence-corrected chi connectivity index (χ3v) is 6.60. The molecule has 3 aromatic rings. The van der Waals surface area contributed by atoms with E-state index in [0.29, 0.717) is 26.9 Å². The minimum atomic E-state index is -1.50. The number of benzene rings is 3. The van der Waals surface area contributed by atoms with Gasteiger partial charge in [0.05, 0.1) is 38.6 Å². The van der Waals surface area contributed by atoms with Gasteiger partial charge in [-0.25, -0.2) is 4.39 Å². The third-order valence-electron chi connectivity index (χ3n) is 4.94. The summed E-state index contributed by atoms with van der Waals surface area (Å²) in [6.45, 7) is 2.08. The molecule has 1 aliphatic heterocycles. The molecule has 158 valence electrons. The number of hydrogen-bond donors (Lipinski definition) is 1. The van der Waals surface area contributed by atoms with Crippen LogP contribution in [0.25, 0.3) is 0 Å². The van der Waals surface area contributed by atoms with Crippen LogP contribution in [-0.2, 0) is 22.1 Å².